The van der Waals surface area contributed by atoms with Crippen molar-refractivity contribution in [3.05, 3.63) is 0 Å². The van der Waals surface area contributed by atoms with Crippen LogP contribution in [0, 0.1) is 0 Å². The van der Waals surface area contributed by atoms with Gasteiger partial charge in [0.2, 0.25) is 11.3 Å². The molecule has 0 amide bonds. The summed E-state index contributed by atoms with van der Waals surface area (Å²) in [6.07, 6.45) is 3.77. The topological polar surface area (TPSA) is 92.4 Å². The highest BCUT2D eigenvalue weighted by atomic mass is 16.6. The molecule has 0 saturated carbocycles. The van der Waals surface area contributed by atoms with Crippen molar-refractivity contribution in [2.24, 2.45) is 0 Å². The van der Waals surface area contributed by atoms with Gasteiger partial charge in [-0.1, -0.05) is 6.42 Å². The number of aromatic nitrogens is 4. The number of nitrogens with zero attached hydrogens (tertiary/aromatic N) is 6. The average molecular weight is 333 g/mol. The van der Waals surface area contributed by atoms with Gasteiger partial charge >= 0.3 is 0 Å². The highest BCUT2D eigenvalue weighted by Gasteiger charge is 2.23. The molecule has 0 radical (unpaired) electrons. The lowest BCUT2D eigenvalue weighted by molar-refractivity contribution is 0.122. The van der Waals surface area contributed by atoms with E-state index in [0.717, 1.165) is 37.8 Å². The minimum absolute atomic E-state index is 0.437. The van der Waals surface area contributed by atoms with E-state index in [1.807, 2.05) is 0 Å². The highest BCUT2D eigenvalue weighted by Crippen LogP contribution is 2.25. The van der Waals surface area contributed by atoms with Crippen molar-refractivity contribution in [1.82, 2.24) is 25.2 Å². The summed E-state index contributed by atoms with van der Waals surface area (Å²) in [5.74, 6) is 1.55. The Morgan fingerprint density at radius 3 is 2.67 bits per heavy atom. The number of piperidine rings is 1. The van der Waals surface area contributed by atoms with Crippen LogP contribution < -0.4 is 10.2 Å². The smallest absolute Gasteiger partial charge is 0.245 e. The Kier molecular flexibility index (Phi) is 4.44. The first-order valence-corrected chi connectivity index (χ1v) is 8.58. The SMILES string of the molecule is CN1CCCCC1CNc1nc2nonc2nc1N1CCOCC1. The predicted octanol–water partition coefficient (Wildman–Crippen LogP) is 0.746. The summed E-state index contributed by atoms with van der Waals surface area (Å²) in [6, 6.07) is 0.518. The number of rotatable bonds is 4. The van der Waals surface area contributed by atoms with Gasteiger partial charge in [-0.3, -0.25) is 0 Å². The Hall–Kier alpha value is -2.00. The van der Waals surface area contributed by atoms with Crippen LogP contribution in [0.15, 0.2) is 4.63 Å². The molecular weight excluding hydrogens is 310 g/mol. The third kappa shape index (κ3) is 3.13. The Morgan fingerprint density at radius 2 is 1.88 bits per heavy atom. The van der Waals surface area contributed by atoms with E-state index in [-0.39, 0.29) is 0 Å². The maximum absolute atomic E-state index is 5.44. The van der Waals surface area contributed by atoms with Crippen LogP contribution in [-0.2, 0) is 4.74 Å². The zero-order valence-electron chi connectivity index (χ0n) is 13.9. The summed E-state index contributed by atoms with van der Waals surface area (Å²) < 4.78 is 10.2. The zero-order valence-corrected chi connectivity index (χ0v) is 13.9. The second-order valence-electron chi connectivity index (χ2n) is 6.42. The lowest BCUT2D eigenvalue weighted by Gasteiger charge is -2.33. The Morgan fingerprint density at radius 1 is 1.08 bits per heavy atom. The molecule has 2 aliphatic rings. The van der Waals surface area contributed by atoms with E-state index < -0.39 is 0 Å². The van der Waals surface area contributed by atoms with E-state index in [9.17, 15) is 0 Å². The number of morpholine rings is 1. The molecule has 2 aromatic rings. The van der Waals surface area contributed by atoms with Gasteiger partial charge in [0, 0.05) is 25.7 Å². The summed E-state index contributed by atoms with van der Waals surface area (Å²) >= 11 is 0. The number of ether oxygens (including phenoxy) is 1. The monoisotopic (exact) mass is 333 g/mol. The molecule has 130 valence electrons. The van der Waals surface area contributed by atoms with Crippen molar-refractivity contribution >= 4 is 22.9 Å². The summed E-state index contributed by atoms with van der Waals surface area (Å²) in [7, 11) is 2.19. The predicted molar refractivity (Wildman–Crippen MR) is 89.2 cm³/mol. The molecule has 2 fully saturated rings. The number of hydrogen-bond donors (Lipinski definition) is 1. The minimum Gasteiger partial charge on any atom is -0.378 e. The third-order valence-corrected chi connectivity index (χ3v) is 4.83. The Labute approximate surface area is 140 Å². The van der Waals surface area contributed by atoms with Crippen molar-refractivity contribution in [2.75, 3.05) is 56.7 Å². The lowest BCUT2D eigenvalue weighted by Crippen LogP contribution is -2.41. The van der Waals surface area contributed by atoms with Crippen LogP contribution >= 0.6 is 0 Å². The fraction of sp³-hybridized carbons (Fsp3) is 0.733. The number of likely N-dealkylation sites (N-methyl/N-ethyl adjacent to an activating group) is 1. The van der Waals surface area contributed by atoms with Gasteiger partial charge in [-0.25, -0.2) is 14.6 Å². The molecule has 9 heteroatoms. The van der Waals surface area contributed by atoms with Gasteiger partial charge < -0.3 is 19.9 Å². The number of likely N-dealkylation sites (tertiary alicyclic amines) is 1. The molecule has 2 aromatic heterocycles. The number of anilines is 2. The first kappa shape index (κ1) is 15.5. The molecule has 0 spiro atoms. The van der Waals surface area contributed by atoms with Crippen molar-refractivity contribution in [3.63, 3.8) is 0 Å². The van der Waals surface area contributed by atoms with Crippen LogP contribution in [0.25, 0.3) is 11.3 Å². The van der Waals surface area contributed by atoms with E-state index >= 15 is 0 Å². The van der Waals surface area contributed by atoms with Crippen molar-refractivity contribution < 1.29 is 9.37 Å². The van der Waals surface area contributed by atoms with E-state index in [1.165, 1.54) is 19.3 Å². The van der Waals surface area contributed by atoms with Crippen LogP contribution in [-0.4, -0.2) is 77.7 Å². The first-order valence-electron chi connectivity index (χ1n) is 8.58. The van der Waals surface area contributed by atoms with Crippen molar-refractivity contribution in [1.29, 1.82) is 0 Å². The maximum atomic E-state index is 5.44. The van der Waals surface area contributed by atoms with Crippen molar-refractivity contribution in [3.8, 4) is 0 Å². The first-order chi connectivity index (χ1) is 11.8. The Balaban J connectivity index is 1.57. The molecule has 24 heavy (non-hydrogen) atoms. The molecule has 2 aliphatic heterocycles. The Bertz CT molecular complexity index is 686. The van der Waals surface area contributed by atoms with Crippen LogP contribution in [0.2, 0.25) is 0 Å². The van der Waals surface area contributed by atoms with E-state index in [0.29, 0.717) is 30.5 Å². The van der Waals surface area contributed by atoms with Crippen molar-refractivity contribution in [2.45, 2.75) is 25.3 Å². The van der Waals surface area contributed by atoms with Gasteiger partial charge in [0.1, 0.15) is 0 Å². The van der Waals surface area contributed by atoms with Crippen LogP contribution in [0.1, 0.15) is 19.3 Å². The van der Waals surface area contributed by atoms with E-state index in [2.05, 4.69) is 42.4 Å². The number of fused-ring (bicyclic) bond motifs is 1. The van der Waals surface area contributed by atoms with Crippen LogP contribution in [0.4, 0.5) is 11.6 Å². The van der Waals surface area contributed by atoms with Gasteiger partial charge in [-0.2, -0.15) is 0 Å². The average Bonchev–Trinajstić information content (AvgIpc) is 3.08. The van der Waals surface area contributed by atoms with Gasteiger partial charge in [0.15, 0.2) is 11.6 Å². The fourth-order valence-corrected chi connectivity index (χ4v) is 3.36. The molecule has 1 unspecified atom stereocenters. The third-order valence-electron chi connectivity index (χ3n) is 4.83. The molecule has 0 aromatic carbocycles. The van der Waals surface area contributed by atoms with Crippen LogP contribution in [0.5, 0.6) is 0 Å². The molecule has 0 aliphatic carbocycles. The molecule has 1 atom stereocenters. The van der Waals surface area contributed by atoms with E-state index in [1.54, 1.807) is 0 Å². The summed E-state index contributed by atoms with van der Waals surface area (Å²) in [4.78, 5) is 13.8. The normalized spacial score (nSPS) is 22.9. The minimum atomic E-state index is 0.437. The quantitative estimate of drug-likeness (QED) is 0.869. The molecule has 4 rings (SSSR count). The van der Waals surface area contributed by atoms with Gasteiger partial charge in [0.05, 0.1) is 13.2 Å². The standard InChI is InChI=1S/C15H23N7O2/c1-21-5-3-2-4-11(21)10-16-14-15(22-6-8-23-9-7-22)18-13-12(17-14)19-24-20-13/h11H,2-10H2,1H3,(H,16,17,19). The molecule has 0 bridgehead atoms. The van der Waals surface area contributed by atoms with Crippen LogP contribution in [0.3, 0.4) is 0 Å². The lowest BCUT2D eigenvalue weighted by atomic mass is 10.0. The molecule has 2 saturated heterocycles. The molecule has 4 heterocycles. The van der Waals surface area contributed by atoms with E-state index in [4.69, 9.17) is 9.37 Å². The summed E-state index contributed by atoms with van der Waals surface area (Å²) in [6.45, 7) is 4.98. The molecule has 9 nitrogen and oxygen atoms in total. The summed E-state index contributed by atoms with van der Waals surface area (Å²) in [5.41, 5.74) is 0.878. The second kappa shape index (κ2) is 6.86. The van der Waals surface area contributed by atoms with Gasteiger partial charge in [0.25, 0.3) is 0 Å². The molecular formula is C15H23N7O2. The zero-order chi connectivity index (χ0) is 16.4. The second-order valence-corrected chi connectivity index (χ2v) is 6.42. The highest BCUT2D eigenvalue weighted by molar-refractivity contribution is 5.74. The maximum Gasteiger partial charge on any atom is 0.245 e. The van der Waals surface area contributed by atoms with Gasteiger partial charge in [-0.15, -0.1) is 0 Å². The molecule has 1 N–H and O–H groups in total. The largest absolute Gasteiger partial charge is 0.378 e. The number of hydrogen-bond acceptors (Lipinski definition) is 9. The summed E-state index contributed by atoms with van der Waals surface area (Å²) in [5, 5.41) is 11.1. The fourth-order valence-electron chi connectivity index (χ4n) is 3.36. The van der Waals surface area contributed by atoms with Gasteiger partial charge in [-0.05, 0) is 36.7 Å². The number of nitrogens with one attached hydrogen (secondary N) is 1.